The molecule has 1 aliphatic carbocycles. The van der Waals surface area contributed by atoms with E-state index in [0.717, 1.165) is 24.6 Å². The minimum atomic E-state index is 0.165. The van der Waals surface area contributed by atoms with Crippen molar-refractivity contribution in [3.05, 3.63) is 0 Å². The molecule has 1 aliphatic heterocycles. The van der Waals surface area contributed by atoms with Gasteiger partial charge in [0.1, 0.15) is 0 Å². The minimum absolute atomic E-state index is 0.165. The predicted molar refractivity (Wildman–Crippen MR) is 59.5 cm³/mol. The molecule has 2 fully saturated rings. The Bertz CT molecular complexity index is 200. The van der Waals surface area contributed by atoms with Crippen LogP contribution in [0, 0.1) is 5.92 Å². The van der Waals surface area contributed by atoms with Crippen molar-refractivity contribution in [1.29, 1.82) is 0 Å². The molecular formula is C10H18N2OS. The Hall–Kier alpha value is -0.220. The van der Waals surface area contributed by atoms with Crippen LogP contribution >= 0.6 is 11.8 Å². The monoisotopic (exact) mass is 214 g/mol. The van der Waals surface area contributed by atoms with Gasteiger partial charge in [0.05, 0.1) is 6.54 Å². The van der Waals surface area contributed by atoms with E-state index < -0.39 is 0 Å². The zero-order chi connectivity index (χ0) is 9.80. The van der Waals surface area contributed by atoms with Gasteiger partial charge in [-0.05, 0) is 37.5 Å². The fraction of sp³-hybridized carbons (Fsp3) is 0.900. The number of thioether (sulfide) groups is 1. The Morgan fingerprint density at radius 2 is 2.21 bits per heavy atom. The fourth-order valence-corrected chi connectivity index (χ4v) is 2.79. The van der Waals surface area contributed by atoms with E-state index in [1.165, 1.54) is 18.6 Å². The van der Waals surface area contributed by atoms with Gasteiger partial charge in [-0.15, -0.1) is 0 Å². The quantitative estimate of drug-likeness (QED) is 0.704. The van der Waals surface area contributed by atoms with Crippen LogP contribution in [0.4, 0.5) is 0 Å². The second kappa shape index (κ2) is 5.03. The number of nitrogens with one attached hydrogen (secondary N) is 2. The van der Waals surface area contributed by atoms with Crippen molar-refractivity contribution in [2.45, 2.75) is 25.3 Å². The molecule has 0 spiro atoms. The molecule has 0 radical (unpaired) electrons. The molecule has 3 nitrogen and oxygen atoms in total. The van der Waals surface area contributed by atoms with Crippen molar-refractivity contribution in [1.82, 2.24) is 10.6 Å². The predicted octanol–water partition coefficient (Wildman–Crippen LogP) is 0.608. The van der Waals surface area contributed by atoms with Gasteiger partial charge in [0, 0.05) is 11.8 Å². The van der Waals surface area contributed by atoms with Gasteiger partial charge in [0.15, 0.2) is 0 Å². The SMILES string of the molecule is O=C(CNCC1CC1)NC1CCSC1. The summed E-state index contributed by atoms with van der Waals surface area (Å²) in [5.74, 6) is 3.30. The Morgan fingerprint density at radius 3 is 2.86 bits per heavy atom. The van der Waals surface area contributed by atoms with Crippen molar-refractivity contribution in [2.24, 2.45) is 5.92 Å². The van der Waals surface area contributed by atoms with E-state index in [-0.39, 0.29) is 5.91 Å². The van der Waals surface area contributed by atoms with Crippen LogP contribution in [-0.2, 0) is 4.79 Å². The summed E-state index contributed by atoms with van der Waals surface area (Å²) in [4.78, 5) is 11.4. The molecule has 0 bridgehead atoms. The van der Waals surface area contributed by atoms with E-state index in [1.54, 1.807) is 0 Å². The van der Waals surface area contributed by atoms with Crippen molar-refractivity contribution in [2.75, 3.05) is 24.6 Å². The highest BCUT2D eigenvalue weighted by molar-refractivity contribution is 7.99. The summed E-state index contributed by atoms with van der Waals surface area (Å²) < 4.78 is 0. The summed E-state index contributed by atoms with van der Waals surface area (Å²) in [5, 5.41) is 6.25. The smallest absolute Gasteiger partial charge is 0.234 e. The van der Waals surface area contributed by atoms with Crippen molar-refractivity contribution >= 4 is 17.7 Å². The molecular weight excluding hydrogens is 196 g/mol. The summed E-state index contributed by atoms with van der Waals surface area (Å²) in [7, 11) is 0. The highest BCUT2D eigenvalue weighted by Gasteiger charge is 2.21. The molecule has 0 aromatic carbocycles. The van der Waals surface area contributed by atoms with Gasteiger partial charge in [0.25, 0.3) is 0 Å². The van der Waals surface area contributed by atoms with Crippen LogP contribution in [0.5, 0.6) is 0 Å². The van der Waals surface area contributed by atoms with Gasteiger partial charge < -0.3 is 10.6 Å². The number of rotatable bonds is 5. The van der Waals surface area contributed by atoms with Crippen molar-refractivity contribution in [3.8, 4) is 0 Å². The van der Waals surface area contributed by atoms with E-state index >= 15 is 0 Å². The summed E-state index contributed by atoms with van der Waals surface area (Å²) >= 11 is 1.93. The highest BCUT2D eigenvalue weighted by Crippen LogP contribution is 2.27. The first-order chi connectivity index (χ1) is 6.84. The summed E-state index contributed by atoms with van der Waals surface area (Å²) in [6, 6.07) is 0.426. The molecule has 2 rings (SSSR count). The summed E-state index contributed by atoms with van der Waals surface area (Å²) in [6.07, 6.45) is 3.82. The first kappa shape index (κ1) is 10.3. The third-order valence-corrected chi connectivity index (χ3v) is 3.87. The van der Waals surface area contributed by atoms with Gasteiger partial charge in [0.2, 0.25) is 5.91 Å². The molecule has 14 heavy (non-hydrogen) atoms. The summed E-state index contributed by atoms with van der Waals surface area (Å²) in [6.45, 7) is 1.52. The van der Waals surface area contributed by atoms with Crippen LogP contribution in [0.3, 0.4) is 0 Å². The zero-order valence-electron chi connectivity index (χ0n) is 8.42. The van der Waals surface area contributed by atoms with Gasteiger partial charge in [-0.25, -0.2) is 0 Å². The maximum atomic E-state index is 11.4. The third-order valence-electron chi connectivity index (χ3n) is 2.71. The molecule has 1 saturated heterocycles. The average Bonchev–Trinajstić information content (AvgIpc) is 2.83. The Morgan fingerprint density at radius 1 is 1.36 bits per heavy atom. The largest absolute Gasteiger partial charge is 0.351 e. The number of carbonyl (C=O) groups excluding carboxylic acids is 1. The minimum Gasteiger partial charge on any atom is -0.351 e. The number of carbonyl (C=O) groups is 1. The van der Waals surface area contributed by atoms with Gasteiger partial charge in [-0.2, -0.15) is 11.8 Å². The highest BCUT2D eigenvalue weighted by atomic mass is 32.2. The normalized spacial score (nSPS) is 26.4. The lowest BCUT2D eigenvalue weighted by Gasteiger charge is -2.11. The zero-order valence-corrected chi connectivity index (χ0v) is 9.24. The van der Waals surface area contributed by atoms with Crippen molar-refractivity contribution < 1.29 is 4.79 Å². The number of amides is 1. The lowest BCUT2D eigenvalue weighted by atomic mass is 10.2. The molecule has 1 atom stereocenters. The molecule has 1 saturated carbocycles. The van der Waals surface area contributed by atoms with Crippen LogP contribution in [0.1, 0.15) is 19.3 Å². The average molecular weight is 214 g/mol. The molecule has 0 aromatic rings. The topological polar surface area (TPSA) is 41.1 Å². The molecule has 1 heterocycles. The standard InChI is InChI=1S/C10H18N2OS/c13-10(6-11-5-8-1-2-8)12-9-3-4-14-7-9/h8-9,11H,1-7H2,(H,12,13). The number of hydrogen-bond donors (Lipinski definition) is 2. The Labute approximate surface area is 89.4 Å². The van der Waals surface area contributed by atoms with E-state index in [4.69, 9.17) is 0 Å². The van der Waals surface area contributed by atoms with E-state index in [1.807, 2.05) is 11.8 Å². The lowest BCUT2D eigenvalue weighted by molar-refractivity contribution is -0.120. The second-order valence-corrected chi connectivity index (χ2v) is 5.35. The maximum absolute atomic E-state index is 11.4. The Balaban J connectivity index is 1.53. The molecule has 1 unspecified atom stereocenters. The summed E-state index contributed by atoms with van der Waals surface area (Å²) in [5.41, 5.74) is 0. The van der Waals surface area contributed by atoms with E-state index in [0.29, 0.717) is 12.6 Å². The molecule has 1 amide bonds. The first-order valence-electron chi connectivity index (χ1n) is 5.42. The van der Waals surface area contributed by atoms with Gasteiger partial charge in [-0.1, -0.05) is 0 Å². The fourth-order valence-electron chi connectivity index (χ4n) is 1.64. The second-order valence-electron chi connectivity index (χ2n) is 4.20. The van der Waals surface area contributed by atoms with E-state index in [9.17, 15) is 4.79 Å². The van der Waals surface area contributed by atoms with Crippen LogP contribution in [0.2, 0.25) is 0 Å². The van der Waals surface area contributed by atoms with E-state index in [2.05, 4.69) is 10.6 Å². The van der Waals surface area contributed by atoms with Gasteiger partial charge in [-0.3, -0.25) is 4.79 Å². The molecule has 2 aliphatic rings. The first-order valence-corrected chi connectivity index (χ1v) is 6.58. The van der Waals surface area contributed by atoms with Crippen LogP contribution < -0.4 is 10.6 Å². The molecule has 4 heteroatoms. The lowest BCUT2D eigenvalue weighted by Crippen LogP contribution is -2.40. The third kappa shape index (κ3) is 3.50. The van der Waals surface area contributed by atoms with Crippen LogP contribution in [-0.4, -0.2) is 36.5 Å². The van der Waals surface area contributed by atoms with Crippen LogP contribution in [0.15, 0.2) is 0 Å². The molecule has 0 aromatic heterocycles. The molecule has 80 valence electrons. The van der Waals surface area contributed by atoms with Crippen molar-refractivity contribution in [3.63, 3.8) is 0 Å². The maximum Gasteiger partial charge on any atom is 0.234 e. The van der Waals surface area contributed by atoms with Gasteiger partial charge >= 0.3 is 0 Å². The molecule has 2 N–H and O–H groups in total. The van der Waals surface area contributed by atoms with Crippen LogP contribution in [0.25, 0.3) is 0 Å². The number of hydrogen-bond acceptors (Lipinski definition) is 3. The Kier molecular flexibility index (Phi) is 3.70.